The average Bonchev–Trinajstić information content (AvgIpc) is 2.97. The van der Waals surface area contributed by atoms with Gasteiger partial charge in [-0.1, -0.05) is 6.92 Å². The first kappa shape index (κ1) is 19.0. The zero-order valence-corrected chi connectivity index (χ0v) is 15.4. The Hall–Kier alpha value is -0.0831. The Morgan fingerprint density at radius 1 is 1.14 bits per heavy atom. The Morgan fingerprint density at radius 2 is 1.71 bits per heavy atom. The maximum absolute atomic E-state index is 12.0. The first-order chi connectivity index (χ1) is 10.1. The van der Waals surface area contributed by atoms with Crippen molar-refractivity contribution in [2.45, 2.75) is 51.0 Å². The molecule has 1 rings (SSSR count). The van der Waals surface area contributed by atoms with Crippen molar-refractivity contribution in [2.75, 3.05) is 32.5 Å². The normalized spacial score (nSPS) is 17.9. The lowest BCUT2D eigenvalue weighted by atomic mass is 9.99. The van der Waals surface area contributed by atoms with Gasteiger partial charge in [-0.05, 0) is 32.1 Å². The molecule has 0 aromatic rings. The summed E-state index contributed by atoms with van der Waals surface area (Å²) in [5.74, 6) is 0.606. The average molecular weight is 337 g/mol. The lowest BCUT2D eigenvalue weighted by Gasteiger charge is -2.27. The van der Waals surface area contributed by atoms with Crippen molar-refractivity contribution in [1.82, 2.24) is 0 Å². The van der Waals surface area contributed by atoms with Gasteiger partial charge in [0.15, 0.2) is 0 Å². The number of carbonyl (C=O) groups excluding carboxylic acids is 1. The number of hydrogen-bond acceptors (Lipinski definition) is 6. The molecule has 0 aliphatic heterocycles. The molecule has 124 valence electrons. The molecular weight excluding hydrogens is 308 g/mol. The van der Waals surface area contributed by atoms with E-state index in [-0.39, 0.29) is 11.6 Å². The SMILES string of the molecule is CCC1(OC(=O)CCSC[Si](OC)(OC)OC)CCCC1. The highest BCUT2D eigenvalue weighted by atomic mass is 32.2. The second kappa shape index (κ2) is 9.15. The van der Waals surface area contributed by atoms with Gasteiger partial charge >= 0.3 is 14.8 Å². The van der Waals surface area contributed by atoms with Crippen LogP contribution in [-0.2, 0) is 22.8 Å². The molecule has 21 heavy (non-hydrogen) atoms. The Labute approximate surface area is 133 Å². The van der Waals surface area contributed by atoms with Crippen LogP contribution >= 0.6 is 11.8 Å². The monoisotopic (exact) mass is 336 g/mol. The first-order valence-corrected chi connectivity index (χ1v) is 10.6. The van der Waals surface area contributed by atoms with Crippen molar-refractivity contribution in [1.29, 1.82) is 0 Å². The van der Waals surface area contributed by atoms with Crippen LogP contribution in [0.25, 0.3) is 0 Å². The van der Waals surface area contributed by atoms with Gasteiger partial charge < -0.3 is 18.0 Å². The Morgan fingerprint density at radius 3 is 2.19 bits per heavy atom. The molecule has 0 atom stereocenters. The van der Waals surface area contributed by atoms with E-state index in [1.807, 2.05) is 0 Å². The standard InChI is InChI=1S/C14H28O5SSi/c1-5-14(9-6-7-10-14)19-13(15)8-11-20-12-21(16-2,17-3)18-4/h5-12H2,1-4H3. The van der Waals surface area contributed by atoms with E-state index in [1.165, 1.54) is 12.8 Å². The quantitative estimate of drug-likeness (QED) is 0.347. The molecule has 0 bridgehead atoms. The summed E-state index contributed by atoms with van der Waals surface area (Å²) in [6.07, 6.45) is 5.69. The molecule has 1 aliphatic rings. The minimum Gasteiger partial charge on any atom is -0.459 e. The van der Waals surface area contributed by atoms with E-state index in [0.29, 0.717) is 17.5 Å². The zero-order valence-electron chi connectivity index (χ0n) is 13.6. The van der Waals surface area contributed by atoms with Crippen LogP contribution in [0.2, 0.25) is 0 Å². The zero-order chi connectivity index (χ0) is 15.8. The molecule has 1 saturated carbocycles. The molecule has 0 saturated heterocycles. The summed E-state index contributed by atoms with van der Waals surface area (Å²) in [4.78, 5) is 12.0. The third-order valence-corrected chi connectivity index (χ3v) is 8.74. The number of carbonyl (C=O) groups is 1. The summed E-state index contributed by atoms with van der Waals surface area (Å²) in [6, 6.07) is 0. The van der Waals surface area contributed by atoms with Gasteiger partial charge in [-0.3, -0.25) is 4.79 Å². The van der Waals surface area contributed by atoms with Crippen LogP contribution in [0.5, 0.6) is 0 Å². The third kappa shape index (κ3) is 5.56. The Bertz CT molecular complexity index is 308. The second-order valence-electron chi connectivity index (χ2n) is 5.32. The molecular formula is C14H28O5SSi. The fraction of sp³-hybridized carbons (Fsp3) is 0.929. The van der Waals surface area contributed by atoms with E-state index in [9.17, 15) is 4.79 Å². The summed E-state index contributed by atoms with van der Waals surface area (Å²) in [5.41, 5.74) is -0.189. The van der Waals surface area contributed by atoms with Crippen molar-refractivity contribution in [3.05, 3.63) is 0 Å². The molecule has 5 nitrogen and oxygen atoms in total. The number of hydrogen-bond donors (Lipinski definition) is 0. The van der Waals surface area contributed by atoms with E-state index in [2.05, 4.69) is 6.92 Å². The van der Waals surface area contributed by atoms with Crippen molar-refractivity contribution >= 4 is 26.5 Å². The maximum atomic E-state index is 12.0. The van der Waals surface area contributed by atoms with Crippen LogP contribution in [0, 0.1) is 0 Å². The van der Waals surface area contributed by atoms with Gasteiger partial charge in [0.05, 0.1) is 11.8 Å². The molecule has 1 fully saturated rings. The van der Waals surface area contributed by atoms with E-state index in [0.717, 1.165) is 19.3 Å². The molecule has 0 N–H and O–H groups in total. The van der Waals surface area contributed by atoms with Gasteiger partial charge in [-0.2, -0.15) is 11.8 Å². The van der Waals surface area contributed by atoms with Crippen LogP contribution in [0.1, 0.15) is 45.4 Å². The van der Waals surface area contributed by atoms with E-state index in [4.69, 9.17) is 18.0 Å². The van der Waals surface area contributed by atoms with Gasteiger partial charge in [-0.15, -0.1) is 0 Å². The Kier molecular flexibility index (Phi) is 8.26. The number of rotatable bonds is 10. The minimum atomic E-state index is -2.54. The predicted octanol–water partition coefficient (Wildman–Crippen LogP) is 2.79. The highest BCUT2D eigenvalue weighted by Crippen LogP contribution is 2.36. The fourth-order valence-corrected chi connectivity index (χ4v) is 6.42. The molecule has 0 heterocycles. The van der Waals surface area contributed by atoms with Gasteiger partial charge in [0.1, 0.15) is 5.60 Å². The summed E-state index contributed by atoms with van der Waals surface area (Å²) in [5, 5.41) is 0.642. The predicted molar refractivity (Wildman–Crippen MR) is 86.3 cm³/mol. The minimum absolute atomic E-state index is 0.0919. The lowest BCUT2D eigenvalue weighted by molar-refractivity contribution is -0.159. The smallest absolute Gasteiger partial charge is 0.459 e. The highest BCUT2D eigenvalue weighted by Gasteiger charge is 2.38. The number of thioether (sulfide) groups is 1. The molecule has 0 spiro atoms. The summed E-state index contributed by atoms with van der Waals surface area (Å²) >= 11 is 1.61. The van der Waals surface area contributed by atoms with E-state index < -0.39 is 8.80 Å². The molecule has 7 heteroatoms. The van der Waals surface area contributed by atoms with Gasteiger partial charge in [0.2, 0.25) is 0 Å². The van der Waals surface area contributed by atoms with Gasteiger partial charge in [0.25, 0.3) is 0 Å². The highest BCUT2D eigenvalue weighted by molar-refractivity contribution is 8.00. The molecule has 0 aromatic carbocycles. The molecule has 1 aliphatic carbocycles. The van der Waals surface area contributed by atoms with Crippen LogP contribution in [0.15, 0.2) is 0 Å². The largest absolute Gasteiger partial charge is 0.510 e. The van der Waals surface area contributed by atoms with Crippen molar-refractivity contribution in [3.8, 4) is 0 Å². The first-order valence-electron chi connectivity index (χ1n) is 7.50. The van der Waals surface area contributed by atoms with Gasteiger partial charge in [0, 0.05) is 27.1 Å². The number of ether oxygens (including phenoxy) is 1. The van der Waals surface area contributed by atoms with Gasteiger partial charge in [-0.25, -0.2) is 0 Å². The van der Waals surface area contributed by atoms with Crippen LogP contribution < -0.4 is 0 Å². The topological polar surface area (TPSA) is 54.0 Å². The van der Waals surface area contributed by atoms with Crippen LogP contribution in [0.3, 0.4) is 0 Å². The van der Waals surface area contributed by atoms with Crippen molar-refractivity contribution in [3.63, 3.8) is 0 Å². The number of esters is 1. The molecule has 0 radical (unpaired) electrons. The van der Waals surface area contributed by atoms with E-state index in [1.54, 1.807) is 33.1 Å². The Balaban J connectivity index is 2.27. The van der Waals surface area contributed by atoms with Crippen molar-refractivity contribution in [2.24, 2.45) is 0 Å². The molecule has 0 aromatic heterocycles. The van der Waals surface area contributed by atoms with Crippen molar-refractivity contribution < 1.29 is 22.8 Å². The third-order valence-electron chi connectivity index (χ3n) is 4.15. The summed E-state index contributed by atoms with van der Waals surface area (Å²) < 4.78 is 21.7. The maximum Gasteiger partial charge on any atom is 0.510 e. The van der Waals surface area contributed by atoms with Crippen LogP contribution in [0.4, 0.5) is 0 Å². The lowest BCUT2D eigenvalue weighted by Crippen LogP contribution is -2.46. The summed E-state index contributed by atoms with van der Waals surface area (Å²) in [6.45, 7) is 2.10. The molecule has 0 amide bonds. The fourth-order valence-electron chi connectivity index (χ4n) is 2.62. The second-order valence-corrected chi connectivity index (χ2v) is 9.88. The van der Waals surface area contributed by atoms with Crippen LogP contribution in [-0.4, -0.2) is 52.8 Å². The summed E-state index contributed by atoms with van der Waals surface area (Å²) in [7, 11) is 2.25. The van der Waals surface area contributed by atoms with E-state index >= 15 is 0 Å². The molecule has 0 unspecified atom stereocenters.